The quantitative estimate of drug-likeness (QED) is 0.791. The van der Waals surface area contributed by atoms with Crippen LogP contribution >= 0.6 is 0 Å². The first-order chi connectivity index (χ1) is 10.2. The zero-order chi connectivity index (χ0) is 14.8. The zero-order valence-corrected chi connectivity index (χ0v) is 11.5. The standard InChI is InChI=1S/C17H14F2N2/c1-20-17(13-6-3-7-15(18)16(13)19)12-5-2-4-11-8-9-21-10-14(11)12/h2-10,17,20H,1H3. The summed E-state index contributed by atoms with van der Waals surface area (Å²) in [6, 6.07) is 11.5. The summed E-state index contributed by atoms with van der Waals surface area (Å²) in [5.41, 5.74) is 1.15. The van der Waals surface area contributed by atoms with E-state index >= 15 is 0 Å². The Bertz CT molecular complexity index is 781. The van der Waals surface area contributed by atoms with Gasteiger partial charge in [-0.25, -0.2) is 8.78 Å². The molecule has 0 spiro atoms. The summed E-state index contributed by atoms with van der Waals surface area (Å²) in [5.74, 6) is -1.66. The van der Waals surface area contributed by atoms with Gasteiger partial charge < -0.3 is 5.32 Å². The second kappa shape index (κ2) is 5.58. The lowest BCUT2D eigenvalue weighted by Crippen LogP contribution is -2.19. The van der Waals surface area contributed by atoms with Crippen LogP contribution in [0.25, 0.3) is 10.8 Å². The Labute approximate surface area is 121 Å². The SMILES string of the molecule is CNC(c1cccc(F)c1F)c1cccc2ccncc12. The van der Waals surface area contributed by atoms with Crippen molar-refractivity contribution >= 4 is 10.8 Å². The van der Waals surface area contributed by atoms with Gasteiger partial charge in [0.1, 0.15) is 0 Å². The third kappa shape index (κ3) is 2.38. The average molecular weight is 284 g/mol. The van der Waals surface area contributed by atoms with Crippen molar-refractivity contribution in [2.24, 2.45) is 0 Å². The second-order valence-electron chi connectivity index (χ2n) is 4.81. The third-order valence-corrected chi connectivity index (χ3v) is 3.61. The molecular formula is C17H14F2N2. The molecule has 0 saturated carbocycles. The predicted octanol–water partition coefficient (Wildman–Crippen LogP) is 3.82. The molecule has 1 unspecified atom stereocenters. The lowest BCUT2D eigenvalue weighted by molar-refractivity contribution is 0.487. The lowest BCUT2D eigenvalue weighted by Gasteiger charge is -2.19. The molecule has 106 valence electrons. The third-order valence-electron chi connectivity index (χ3n) is 3.61. The minimum absolute atomic E-state index is 0.286. The molecular weight excluding hydrogens is 270 g/mol. The summed E-state index contributed by atoms with van der Waals surface area (Å²) < 4.78 is 27.6. The molecule has 0 fully saturated rings. The topological polar surface area (TPSA) is 24.9 Å². The predicted molar refractivity (Wildman–Crippen MR) is 79.0 cm³/mol. The Morgan fingerprint density at radius 2 is 1.76 bits per heavy atom. The van der Waals surface area contributed by atoms with Crippen molar-refractivity contribution in [3.8, 4) is 0 Å². The number of nitrogens with zero attached hydrogens (tertiary/aromatic N) is 1. The van der Waals surface area contributed by atoms with Gasteiger partial charge in [-0.2, -0.15) is 0 Å². The molecule has 2 nitrogen and oxygen atoms in total. The second-order valence-corrected chi connectivity index (χ2v) is 4.81. The zero-order valence-electron chi connectivity index (χ0n) is 11.5. The molecule has 0 aliphatic rings. The number of pyridine rings is 1. The molecule has 0 aliphatic carbocycles. The van der Waals surface area contributed by atoms with E-state index in [-0.39, 0.29) is 5.56 Å². The fraction of sp³-hybridized carbons (Fsp3) is 0.118. The number of rotatable bonds is 3. The Morgan fingerprint density at radius 3 is 2.57 bits per heavy atom. The molecule has 1 atom stereocenters. The van der Waals surface area contributed by atoms with Crippen molar-refractivity contribution in [2.45, 2.75) is 6.04 Å². The Hall–Kier alpha value is -2.33. The van der Waals surface area contributed by atoms with E-state index in [2.05, 4.69) is 10.3 Å². The van der Waals surface area contributed by atoms with Crippen LogP contribution in [0.5, 0.6) is 0 Å². The fourth-order valence-electron chi connectivity index (χ4n) is 2.61. The molecule has 0 saturated heterocycles. The van der Waals surface area contributed by atoms with Crippen LogP contribution in [0.3, 0.4) is 0 Å². The number of hydrogen-bond donors (Lipinski definition) is 1. The monoisotopic (exact) mass is 284 g/mol. The van der Waals surface area contributed by atoms with Gasteiger partial charge in [-0.3, -0.25) is 4.98 Å². The molecule has 0 aliphatic heterocycles. The summed E-state index contributed by atoms with van der Waals surface area (Å²) in [7, 11) is 1.73. The van der Waals surface area contributed by atoms with Crippen LogP contribution in [0.1, 0.15) is 17.2 Å². The van der Waals surface area contributed by atoms with Crippen molar-refractivity contribution in [1.82, 2.24) is 10.3 Å². The number of aromatic nitrogens is 1. The van der Waals surface area contributed by atoms with Crippen LogP contribution in [-0.2, 0) is 0 Å². The number of halogens is 2. The molecule has 3 aromatic rings. The first-order valence-corrected chi connectivity index (χ1v) is 6.66. The Morgan fingerprint density at radius 1 is 1.00 bits per heavy atom. The molecule has 1 N–H and O–H groups in total. The van der Waals surface area contributed by atoms with Crippen molar-refractivity contribution in [2.75, 3.05) is 7.05 Å². The Balaban J connectivity index is 2.21. The largest absolute Gasteiger partial charge is 0.309 e. The van der Waals surface area contributed by atoms with Gasteiger partial charge in [-0.1, -0.05) is 30.3 Å². The average Bonchev–Trinajstić information content (AvgIpc) is 2.52. The van der Waals surface area contributed by atoms with E-state index in [1.165, 1.54) is 6.07 Å². The molecule has 2 aromatic carbocycles. The van der Waals surface area contributed by atoms with Crippen molar-refractivity contribution in [3.05, 3.63) is 77.6 Å². The van der Waals surface area contributed by atoms with E-state index in [9.17, 15) is 8.78 Å². The molecule has 1 aromatic heterocycles. The number of benzene rings is 2. The summed E-state index contributed by atoms with van der Waals surface area (Å²) in [5, 5.41) is 4.99. The summed E-state index contributed by atoms with van der Waals surface area (Å²) in [4.78, 5) is 4.13. The highest BCUT2D eigenvalue weighted by molar-refractivity contribution is 5.85. The van der Waals surface area contributed by atoms with Gasteiger partial charge in [0.2, 0.25) is 0 Å². The summed E-state index contributed by atoms with van der Waals surface area (Å²) in [6.07, 6.45) is 3.45. The van der Waals surface area contributed by atoms with Crippen LogP contribution in [0.4, 0.5) is 8.78 Å². The molecule has 0 bridgehead atoms. The first kappa shape index (κ1) is 13.6. The van der Waals surface area contributed by atoms with Crippen LogP contribution in [0, 0.1) is 11.6 Å². The fourth-order valence-corrected chi connectivity index (χ4v) is 2.61. The van der Waals surface area contributed by atoms with E-state index < -0.39 is 17.7 Å². The number of hydrogen-bond acceptors (Lipinski definition) is 2. The van der Waals surface area contributed by atoms with Crippen LogP contribution < -0.4 is 5.32 Å². The van der Waals surface area contributed by atoms with Gasteiger partial charge in [-0.15, -0.1) is 0 Å². The normalized spacial score (nSPS) is 12.5. The first-order valence-electron chi connectivity index (χ1n) is 6.66. The van der Waals surface area contributed by atoms with Gasteiger partial charge in [-0.05, 0) is 30.1 Å². The molecule has 1 heterocycles. The Kier molecular flexibility index (Phi) is 3.62. The maximum absolute atomic E-state index is 14.1. The number of fused-ring (bicyclic) bond motifs is 1. The maximum atomic E-state index is 14.1. The van der Waals surface area contributed by atoms with E-state index in [1.54, 1.807) is 25.5 Å². The minimum atomic E-state index is -0.842. The highest BCUT2D eigenvalue weighted by atomic mass is 19.2. The van der Waals surface area contributed by atoms with Crippen LogP contribution in [0.15, 0.2) is 54.9 Å². The van der Waals surface area contributed by atoms with Gasteiger partial charge in [0.05, 0.1) is 6.04 Å². The highest BCUT2D eigenvalue weighted by Gasteiger charge is 2.20. The van der Waals surface area contributed by atoms with Crippen LogP contribution in [-0.4, -0.2) is 12.0 Å². The van der Waals surface area contributed by atoms with E-state index in [0.717, 1.165) is 22.4 Å². The molecule has 21 heavy (non-hydrogen) atoms. The van der Waals surface area contributed by atoms with E-state index in [1.807, 2.05) is 24.3 Å². The molecule has 3 rings (SSSR count). The highest BCUT2D eigenvalue weighted by Crippen LogP contribution is 2.30. The van der Waals surface area contributed by atoms with E-state index in [0.29, 0.717) is 0 Å². The minimum Gasteiger partial charge on any atom is -0.309 e. The number of nitrogens with one attached hydrogen (secondary N) is 1. The molecule has 0 amide bonds. The summed E-state index contributed by atoms with van der Waals surface area (Å²) in [6.45, 7) is 0. The molecule has 4 heteroatoms. The lowest BCUT2D eigenvalue weighted by atomic mass is 9.94. The van der Waals surface area contributed by atoms with Gasteiger partial charge in [0.25, 0.3) is 0 Å². The van der Waals surface area contributed by atoms with Crippen molar-refractivity contribution < 1.29 is 8.78 Å². The smallest absolute Gasteiger partial charge is 0.163 e. The van der Waals surface area contributed by atoms with Crippen molar-refractivity contribution in [3.63, 3.8) is 0 Å². The van der Waals surface area contributed by atoms with Crippen LogP contribution in [0.2, 0.25) is 0 Å². The van der Waals surface area contributed by atoms with Gasteiger partial charge in [0, 0.05) is 23.3 Å². The molecule has 0 radical (unpaired) electrons. The van der Waals surface area contributed by atoms with Gasteiger partial charge in [0.15, 0.2) is 11.6 Å². The maximum Gasteiger partial charge on any atom is 0.163 e. The summed E-state index contributed by atoms with van der Waals surface area (Å²) >= 11 is 0. The van der Waals surface area contributed by atoms with E-state index in [4.69, 9.17) is 0 Å². The van der Waals surface area contributed by atoms with Gasteiger partial charge >= 0.3 is 0 Å². The van der Waals surface area contributed by atoms with Crippen molar-refractivity contribution in [1.29, 1.82) is 0 Å².